The third-order valence-electron chi connectivity index (χ3n) is 6.21. The Bertz CT molecular complexity index is 823. The number of piperidine rings is 1. The molecule has 0 N–H and O–H groups in total. The molecule has 2 unspecified atom stereocenters. The summed E-state index contributed by atoms with van der Waals surface area (Å²) in [5.74, 6) is 2.26. The summed E-state index contributed by atoms with van der Waals surface area (Å²) in [5.41, 5.74) is 2.57. The second kappa shape index (κ2) is 11.8. The summed E-state index contributed by atoms with van der Waals surface area (Å²) in [6, 6.07) is 16.7. The van der Waals surface area contributed by atoms with Crippen molar-refractivity contribution in [3.05, 3.63) is 59.7 Å². The van der Waals surface area contributed by atoms with Gasteiger partial charge in [0.25, 0.3) is 0 Å². The van der Waals surface area contributed by atoms with E-state index >= 15 is 0 Å². The van der Waals surface area contributed by atoms with Gasteiger partial charge in [-0.1, -0.05) is 36.4 Å². The molecule has 0 spiro atoms. The average Bonchev–Trinajstić information content (AvgIpc) is 2.79. The van der Waals surface area contributed by atoms with E-state index in [-0.39, 0.29) is 5.97 Å². The van der Waals surface area contributed by atoms with E-state index < -0.39 is 0 Å². The second-order valence-corrected chi connectivity index (χ2v) is 8.27. The number of nitrogens with zero attached hydrogens (tertiary/aromatic N) is 1. The molecule has 1 heterocycles. The number of benzene rings is 2. The number of rotatable bonds is 10. The molecule has 5 heteroatoms. The van der Waals surface area contributed by atoms with E-state index in [1.54, 1.807) is 14.2 Å². The molecule has 2 aromatic rings. The summed E-state index contributed by atoms with van der Waals surface area (Å²) in [4.78, 5) is 14.7. The maximum absolute atomic E-state index is 12.2. The summed E-state index contributed by atoms with van der Waals surface area (Å²) < 4.78 is 16.1. The lowest BCUT2D eigenvalue weighted by atomic mass is 9.79. The number of methoxy groups -OCH3 is 2. The lowest BCUT2D eigenvalue weighted by Crippen LogP contribution is -2.41. The van der Waals surface area contributed by atoms with Gasteiger partial charge in [0.1, 0.15) is 0 Å². The van der Waals surface area contributed by atoms with Crippen LogP contribution in [0.15, 0.2) is 48.5 Å². The third-order valence-corrected chi connectivity index (χ3v) is 6.21. The van der Waals surface area contributed by atoms with E-state index in [0.29, 0.717) is 24.9 Å². The van der Waals surface area contributed by atoms with Gasteiger partial charge in [0.15, 0.2) is 11.5 Å². The Hall–Kier alpha value is -2.53. The highest BCUT2D eigenvalue weighted by atomic mass is 16.5. The molecule has 2 atom stereocenters. The van der Waals surface area contributed by atoms with E-state index in [2.05, 4.69) is 47.4 Å². The normalized spacial score (nSPS) is 19.1. The van der Waals surface area contributed by atoms with Crippen LogP contribution in [0.5, 0.6) is 11.5 Å². The third kappa shape index (κ3) is 6.73. The fourth-order valence-electron chi connectivity index (χ4n) is 4.56. The molecule has 1 aliphatic heterocycles. The quantitative estimate of drug-likeness (QED) is 0.515. The van der Waals surface area contributed by atoms with E-state index in [1.165, 1.54) is 11.1 Å². The minimum absolute atomic E-state index is 0.0693. The lowest BCUT2D eigenvalue weighted by Gasteiger charge is -2.38. The highest BCUT2D eigenvalue weighted by molar-refractivity contribution is 5.69. The lowest BCUT2D eigenvalue weighted by molar-refractivity contribution is -0.145. The van der Waals surface area contributed by atoms with Crippen LogP contribution in [0, 0.1) is 11.8 Å². The number of carbonyl (C=O) groups excluding carboxylic acids is 1. The molecular weight excluding hydrogens is 390 g/mol. The zero-order chi connectivity index (χ0) is 22.1. The number of hydrogen-bond acceptors (Lipinski definition) is 5. The van der Waals surface area contributed by atoms with Crippen molar-refractivity contribution in [3.8, 4) is 11.5 Å². The highest BCUT2D eigenvalue weighted by Crippen LogP contribution is 2.33. The van der Waals surface area contributed by atoms with Crippen LogP contribution >= 0.6 is 0 Å². The number of esters is 1. The Morgan fingerprint density at radius 3 is 2.48 bits per heavy atom. The van der Waals surface area contributed by atoms with Crippen LogP contribution in [0.3, 0.4) is 0 Å². The fourth-order valence-corrected chi connectivity index (χ4v) is 4.56. The molecule has 0 saturated carbocycles. The first-order chi connectivity index (χ1) is 15.1. The first-order valence-corrected chi connectivity index (χ1v) is 11.3. The van der Waals surface area contributed by atoms with E-state index in [4.69, 9.17) is 14.2 Å². The van der Waals surface area contributed by atoms with Gasteiger partial charge in [-0.2, -0.15) is 0 Å². The van der Waals surface area contributed by atoms with E-state index in [1.807, 2.05) is 13.0 Å². The van der Waals surface area contributed by atoms with Gasteiger partial charge in [-0.25, -0.2) is 0 Å². The molecule has 3 rings (SSSR count). The van der Waals surface area contributed by atoms with Crippen LogP contribution in [0.4, 0.5) is 0 Å². The van der Waals surface area contributed by atoms with Crippen molar-refractivity contribution < 1.29 is 19.0 Å². The van der Waals surface area contributed by atoms with Crippen molar-refractivity contribution in [2.75, 3.05) is 33.9 Å². The number of ether oxygens (including phenoxy) is 3. The summed E-state index contributed by atoms with van der Waals surface area (Å²) >= 11 is 0. The van der Waals surface area contributed by atoms with Crippen LogP contribution in [-0.2, 0) is 22.5 Å². The summed E-state index contributed by atoms with van der Waals surface area (Å²) in [6.45, 7) is 5.30. The topological polar surface area (TPSA) is 48.0 Å². The molecule has 31 heavy (non-hydrogen) atoms. The van der Waals surface area contributed by atoms with Crippen molar-refractivity contribution >= 4 is 5.97 Å². The Labute approximate surface area is 186 Å². The predicted molar refractivity (Wildman–Crippen MR) is 122 cm³/mol. The number of aryl methyl sites for hydroxylation is 1. The molecule has 1 fully saturated rings. The van der Waals surface area contributed by atoms with Crippen LogP contribution in [0.2, 0.25) is 0 Å². The van der Waals surface area contributed by atoms with Gasteiger partial charge in [0, 0.05) is 19.5 Å². The fraction of sp³-hybridized carbons (Fsp3) is 0.500. The monoisotopic (exact) mass is 425 g/mol. The number of hydrogen-bond donors (Lipinski definition) is 0. The molecule has 168 valence electrons. The van der Waals surface area contributed by atoms with Crippen molar-refractivity contribution in [1.82, 2.24) is 4.90 Å². The molecular formula is C26H35NO4. The Balaban J connectivity index is 1.66. The SMILES string of the molecule is CCOC(=O)CC1CCN(Cc2ccccc2)CC1CCc1ccc(OC)c(OC)c1. The minimum atomic E-state index is -0.0693. The number of likely N-dealkylation sites (tertiary alicyclic amines) is 1. The predicted octanol–water partition coefficient (Wildman–Crippen LogP) is 4.73. The molecule has 1 aliphatic rings. The van der Waals surface area contributed by atoms with Crippen LogP contribution in [0.25, 0.3) is 0 Å². The Morgan fingerprint density at radius 1 is 1.00 bits per heavy atom. The highest BCUT2D eigenvalue weighted by Gasteiger charge is 2.31. The minimum Gasteiger partial charge on any atom is -0.493 e. The van der Waals surface area contributed by atoms with Gasteiger partial charge < -0.3 is 14.2 Å². The average molecular weight is 426 g/mol. The van der Waals surface area contributed by atoms with Crippen molar-refractivity contribution in [3.63, 3.8) is 0 Å². The van der Waals surface area contributed by atoms with E-state index in [0.717, 1.165) is 50.4 Å². The molecule has 1 saturated heterocycles. The maximum Gasteiger partial charge on any atom is 0.306 e. The van der Waals surface area contributed by atoms with Crippen LogP contribution in [0.1, 0.15) is 37.3 Å². The van der Waals surface area contributed by atoms with Crippen molar-refractivity contribution in [2.24, 2.45) is 11.8 Å². The van der Waals surface area contributed by atoms with Crippen molar-refractivity contribution in [1.29, 1.82) is 0 Å². The number of carbonyl (C=O) groups is 1. The Morgan fingerprint density at radius 2 is 1.77 bits per heavy atom. The zero-order valence-corrected chi connectivity index (χ0v) is 19.0. The van der Waals surface area contributed by atoms with Gasteiger partial charge in [-0.3, -0.25) is 9.69 Å². The van der Waals surface area contributed by atoms with Gasteiger partial charge in [-0.15, -0.1) is 0 Å². The summed E-state index contributed by atoms with van der Waals surface area (Å²) in [7, 11) is 3.32. The maximum atomic E-state index is 12.2. The largest absolute Gasteiger partial charge is 0.493 e. The molecule has 2 aromatic carbocycles. The smallest absolute Gasteiger partial charge is 0.306 e. The Kier molecular flexibility index (Phi) is 8.77. The summed E-state index contributed by atoms with van der Waals surface area (Å²) in [6.07, 6.45) is 3.53. The van der Waals surface area contributed by atoms with Gasteiger partial charge in [-0.05, 0) is 67.8 Å². The van der Waals surface area contributed by atoms with Gasteiger partial charge >= 0.3 is 5.97 Å². The molecule has 5 nitrogen and oxygen atoms in total. The first kappa shape index (κ1) is 23.1. The van der Waals surface area contributed by atoms with E-state index in [9.17, 15) is 4.79 Å². The first-order valence-electron chi connectivity index (χ1n) is 11.3. The molecule has 0 amide bonds. The standard InChI is InChI=1S/C26H35NO4/c1-4-31-26(28)17-22-14-15-27(18-21-8-6-5-7-9-21)19-23(22)12-10-20-11-13-24(29-2)25(16-20)30-3/h5-9,11,13,16,22-23H,4,10,12,14-15,17-19H2,1-3H3. The summed E-state index contributed by atoms with van der Waals surface area (Å²) in [5, 5.41) is 0. The second-order valence-electron chi connectivity index (χ2n) is 8.27. The van der Waals surface area contributed by atoms with Gasteiger partial charge in [0.05, 0.1) is 20.8 Å². The molecule has 0 radical (unpaired) electrons. The van der Waals surface area contributed by atoms with Gasteiger partial charge in [0.2, 0.25) is 0 Å². The molecule has 0 bridgehead atoms. The zero-order valence-electron chi connectivity index (χ0n) is 19.0. The van der Waals surface area contributed by atoms with Crippen LogP contribution in [-0.4, -0.2) is 44.8 Å². The van der Waals surface area contributed by atoms with Crippen molar-refractivity contribution in [2.45, 2.75) is 39.2 Å². The van der Waals surface area contributed by atoms with Crippen LogP contribution < -0.4 is 9.47 Å². The molecule has 0 aliphatic carbocycles. The molecule has 0 aromatic heterocycles.